The molecule has 0 aromatic carbocycles. The summed E-state index contributed by atoms with van der Waals surface area (Å²) >= 11 is 0. The van der Waals surface area contributed by atoms with Gasteiger partial charge in [-0.25, -0.2) is 0 Å². The van der Waals surface area contributed by atoms with Crippen LogP contribution in [0.5, 0.6) is 0 Å². The standard InChI is InChI=1S/C12H23NO3/c1-2-12(15-6-1)10-13-5-9-16-11-3-7-14-8-4-11/h11-13H,1-10H2. The molecule has 16 heavy (non-hydrogen) atoms. The molecular weight excluding hydrogens is 206 g/mol. The average Bonchev–Trinajstić information content (AvgIpc) is 2.83. The Balaban J connectivity index is 1.42. The molecule has 2 aliphatic rings. The molecule has 0 amide bonds. The molecule has 4 nitrogen and oxygen atoms in total. The summed E-state index contributed by atoms with van der Waals surface area (Å²) in [5, 5.41) is 3.39. The van der Waals surface area contributed by atoms with Crippen molar-refractivity contribution in [3.63, 3.8) is 0 Å². The van der Waals surface area contributed by atoms with E-state index in [1.54, 1.807) is 0 Å². The van der Waals surface area contributed by atoms with Gasteiger partial charge in [-0.15, -0.1) is 0 Å². The molecule has 2 rings (SSSR count). The number of rotatable bonds is 6. The molecule has 0 radical (unpaired) electrons. The summed E-state index contributed by atoms with van der Waals surface area (Å²) in [4.78, 5) is 0. The minimum Gasteiger partial charge on any atom is -0.381 e. The van der Waals surface area contributed by atoms with E-state index in [9.17, 15) is 0 Å². The Morgan fingerprint density at radius 1 is 1.12 bits per heavy atom. The molecule has 2 heterocycles. The van der Waals surface area contributed by atoms with Gasteiger partial charge in [-0.2, -0.15) is 0 Å². The molecule has 2 aliphatic heterocycles. The Hall–Kier alpha value is -0.160. The van der Waals surface area contributed by atoms with Gasteiger partial charge < -0.3 is 19.5 Å². The Kier molecular flexibility index (Phi) is 5.55. The highest BCUT2D eigenvalue weighted by Gasteiger charge is 2.15. The molecule has 0 spiro atoms. The average molecular weight is 229 g/mol. The van der Waals surface area contributed by atoms with Gasteiger partial charge in [0.15, 0.2) is 0 Å². The van der Waals surface area contributed by atoms with Gasteiger partial charge in [-0.05, 0) is 25.7 Å². The zero-order chi connectivity index (χ0) is 11.1. The second-order valence-electron chi connectivity index (χ2n) is 4.52. The zero-order valence-corrected chi connectivity index (χ0v) is 9.95. The van der Waals surface area contributed by atoms with Crippen molar-refractivity contribution >= 4 is 0 Å². The van der Waals surface area contributed by atoms with Crippen molar-refractivity contribution in [1.82, 2.24) is 5.32 Å². The van der Waals surface area contributed by atoms with Crippen LogP contribution in [-0.4, -0.2) is 51.7 Å². The Morgan fingerprint density at radius 2 is 2.00 bits per heavy atom. The van der Waals surface area contributed by atoms with Crippen LogP contribution in [0.4, 0.5) is 0 Å². The molecule has 2 fully saturated rings. The minimum atomic E-state index is 0.415. The maximum absolute atomic E-state index is 5.76. The summed E-state index contributed by atoms with van der Waals surface area (Å²) in [6, 6.07) is 0. The van der Waals surface area contributed by atoms with Gasteiger partial charge in [0, 0.05) is 32.9 Å². The highest BCUT2D eigenvalue weighted by Crippen LogP contribution is 2.11. The van der Waals surface area contributed by atoms with Crippen LogP contribution in [0, 0.1) is 0 Å². The van der Waals surface area contributed by atoms with E-state index in [1.165, 1.54) is 12.8 Å². The van der Waals surface area contributed by atoms with Crippen molar-refractivity contribution < 1.29 is 14.2 Å². The fourth-order valence-electron chi connectivity index (χ4n) is 2.21. The lowest BCUT2D eigenvalue weighted by Gasteiger charge is -2.22. The van der Waals surface area contributed by atoms with E-state index >= 15 is 0 Å². The van der Waals surface area contributed by atoms with Gasteiger partial charge in [0.2, 0.25) is 0 Å². The topological polar surface area (TPSA) is 39.7 Å². The van der Waals surface area contributed by atoms with Crippen molar-refractivity contribution in [3.8, 4) is 0 Å². The molecule has 0 aromatic rings. The van der Waals surface area contributed by atoms with E-state index in [2.05, 4.69) is 5.32 Å². The van der Waals surface area contributed by atoms with E-state index < -0.39 is 0 Å². The van der Waals surface area contributed by atoms with E-state index in [0.29, 0.717) is 12.2 Å². The highest BCUT2D eigenvalue weighted by molar-refractivity contribution is 4.67. The third-order valence-corrected chi connectivity index (χ3v) is 3.20. The molecule has 1 unspecified atom stereocenters. The molecule has 1 N–H and O–H groups in total. The molecule has 0 bridgehead atoms. The van der Waals surface area contributed by atoms with Gasteiger partial charge in [-0.1, -0.05) is 0 Å². The van der Waals surface area contributed by atoms with Crippen molar-refractivity contribution in [2.24, 2.45) is 0 Å². The van der Waals surface area contributed by atoms with E-state index in [1.807, 2.05) is 0 Å². The van der Waals surface area contributed by atoms with Gasteiger partial charge in [0.05, 0.1) is 18.8 Å². The normalized spacial score (nSPS) is 27.4. The quantitative estimate of drug-likeness (QED) is 0.688. The van der Waals surface area contributed by atoms with Gasteiger partial charge in [-0.3, -0.25) is 0 Å². The highest BCUT2D eigenvalue weighted by atomic mass is 16.5. The first kappa shape index (κ1) is 12.3. The SMILES string of the molecule is C1COC(CNCCOC2CCOCC2)C1. The third kappa shape index (κ3) is 4.37. The van der Waals surface area contributed by atoms with E-state index in [0.717, 1.165) is 52.4 Å². The van der Waals surface area contributed by atoms with Gasteiger partial charge >= 0.3 is 0 Å². The Morgan fingerprint density at radius 3 is 2.75 bits per heavy atom. The fourth-order valence-corrected chi connectivity index (χ4v) is 2.21. The van der Waals surface area contributed by atoms with Crippen LogP contribution < -0.4 is 5.32 Å². The largest absolute Gasteiger partial charge is 0.381 e. The Labute approximate surface area is 97.6 Å². The van der Waals surface area contributed by atoms with Crippen molar-refractivity contribution in [1.29, 1.82) is 0 Å². The number of nitrogens with one attached hydrogen (secondary N) is 1. The van der Waals surface area contributed by atoms with Crippen molar-refractivity contribution in [3.05, 3.63) is 0 Å². The summed E-state index contributed by atoms with van der Waals surface area (Å²) in [6.45, 7) is 5.35. The molecule has 0 aromatic heterocycles. The second-order valence-corrected chi connectivity index (χ2v) is 4.52. The first-order valence-corrected chi connectivity index (χ1v) is 6.47. The summed E-state index contributed by atoms with van der Waals surface area (Å²) < 4.78 is 16.6. The molecule has 4 heteroatoms. The fraction of sp³-hybridized carbons (Fsp3) is 1.00. The monoisotopic (exact) mass is 229 g/mol. The smallest absolute Gasteiger partial charge is 0.0700 e. The molecule has 0 saturated carbocycles. The molecular formula is C12H23NO3. The maximum atomic E-state index is 5.76. The van der Waals surface area contributed by atoms with Crippen LogP contribution >= 0.6 is 0 Å². The van der Waals surface area contributed by atoms with Crippen LogP contribution in [0.3, 0.4) is 0 Å². The van der Waals surface area contributed by atoms with Gasteiger partial charge in [0.1, 0.15) is 0 Å². The van der Waals surface area contributed by atoms with Crippen LogP contribution in [0.2, 0.25) is 0 Å². The molecule has 2 saturated heterocycles. The van der Waals surface area contributed by atoms with E-state index in [-0.39, 0.29) is 0 Å². The second kappa shape index (κ2) is 7.22. The van der Waals surface area contributed by atoms with Gasteiger partial charge in [0.25, 0.3) is 0 Å². The minimum absolute atomic E-state index is 0.415. The molecule has 1 atom stereocenters. The van der Waals surface area contributed by atoms with Crippen LogP contribution in [0.1, 0.15) is 25.7 Å². The van der Waals surface area contributed by atoms with E-state index in [4.69, 9.17) is 14.2 Å². The lowest BCUT2D eigenvalue weighted by Crippen LogP contribution is -2.31. The number of ether oxygens (including phenoxy) is 3. The summed E-state index contributed by atoms with van der Waals surface area (Å²) in [5.41, 5.74) is 0. The van der Waals surface area contributed by atoms with Crippen LogP contribution in [0.25, 0.3) is 0 Å². The predicted molar refractivity (Wildman–Crippen MR) is 61.6 cm³/mol. The predicted octanol–water partition coefficient (Wildman–Crippen LogP) is 0.951. The molecule has 0 aliphatic carbocycles. The lowest BCUT2D eigenvalue weighted by atomic mass is 10.2. The summed E-state index contributed by atoms with van der Waals surface area (Å²) in [6.07, 6.45) is 5.36. The maximum Gasteiger partial charge on any atom is 0.0700 e. The first-order valence-electron chi connectivity index (χ1n) is 6.47. The third-order valence-electron chi connectivity index (χ3n) is 3.20. The zero-order valence-electron chi connectivity index (χ0n) is 9.95. The summed E-state index contributed by atoms with van der Waals surface area (Å²) in [7, 11) is 0. The Bertz CT molecular complexity index is 177. The van der Waals surface area contributed by atoms with Crippen LogP contribution in [0.15, 0.2) is 0 Å². The van der Waals surface area contributed by atoms with Crippen molar-refractivity contribution in [2.75, 3.05) is 39.5 Å². The van der Waals surface area contributed by atoms with Crippen LogP contribution in [-0.2, 0) is 14.2 Å². The van der Waals surface area contributed by atoms with Crippen molar-refractivity contribution in [2.45, 2.75) is 37.9 Å². The first-order chi connectivity index (χ1) is 7.95. The molecule has 94 valence electrons. The summed E-state index contributed by atoms with van der Waals surface area (Å²) in [5.74, 6) is 0. The lowest BCUT2D eigenvalue weighted by molar-refractivity contribution is -0.0309. The number of hydrogen-bond donors (Lipinski definition) is 1. The number of hydrogen-bond acceptors (Lipinski definition) is 4.